The van der Waals surface area contributed by atoms with Crippen LogP contribution in [0.1, 0.15) is 25.1 Å². The van der Waals surface area contributed by atoms with E-state index in [0.717, 1.165) is 19.3 Å². The van der Waals surface area contributed by atoms with E-state index in [0.29, 0.717) is 29.1 Å². The molecule has 0 saturated heterocycles. The third kappa shape index (κ3) is 2.36. The minimum absolute atomic E-state index is 0.0457. The van der Waals surface area contributed by atoms with Crippen molar-refractivity contribution >= 4 is 27.5 Å². The lowest BCUT2D eigenvalue weighted by Gasteiger charge is -2.41. The molecular weight excluding hydrogens is 288 g/mol. The second kappa shape index (κ2) is 5.23. The maximum atomic E-state index is 12.5. The first-order valence-corrected chi connectivity index (χ1v) is 7.86. The van der Waals surface area contributed by atoms with Gasteiger partial charge in [-0.15, -0.1) is 11.3 Å². The predicted octanol–water partition coefficient (Wildman–Crippen LogP) is 1.07. The Balaban J connectivity index is 1.81. The number of nitrogens with two attached hydrogens (primary N) is 1. The van der Waals surface area contributed by atoms with E-state index in [1.165, 1.54) is 11.3 Å². The molecule has 7 heteroatoms. The summed E-state index contributed by atoms with van der Waals surface area (Å²) in [5.41, 5.74) is 5.89. The summed E-state index contributed by atoms with van der Waals surface area (Å²) >= 11 is 1.37. The molecule has 3 rings (SSSR count). The van der Waals surface area contributed by atoms with Crippen LogP contribution in [0, 0.1) is 5.41 Å². The first kappa shape index (κ1) is 14.2. The van der Waals surface area contributed by atoms with E-state index in [1.807, 2.05) is 11.4 Å². The van der Waals surface area contributed by atoms with Crippen molar-refractivity contribution < 1.29 is 4.79 Å². The number of carbonyl (C=O) groups excluding carboxylic acids is 1. The second-order valence-corrected chi connectivity index (χ2v) is 6.56. The molecule has 2 heterocycles. The van der Waals surface area contributed by atoms with Gasteiger partial charge in [0.2, 0.25) is 5.91 Å². The standard InChI is InChI=1S/C14H18N4O2S/c1-18(13(20)14(8-15)4-2-5-14)7-10-16-9-3-6-21-11(9)12(19)17-10/h3,6H,2,4-5,7-8,15H2,1H3,(H,16,17,19). The number of amides is 1. The number of nitrogens with zero attached hydrogens (tertiary/aromatic N) is 2. The first-order valence-electron chi connectivity index (χ1n) is 6.98. The fourth-order valence-electron chi connectivity index (χ4n) is 2.81. The van der Waals surface area contributed by atoms with Gasteiger partial charge in [-0.1, -0.05) is 6.42 Å². The van der Waals surface area contributed by atoms with E-state index in [1.54, 1.807) is 11.9 Å². The van der Waals surface area contributed by atoms with Crippen LogP contribution < -0.4 is 11.3 Å². The number of carbonyl (C=O) groups is 1. The van der Waals surface area contributed by atoms with Gasteiger partial charge in [-0.05, 0) is 24.3 Å². The van der Waals surface area contributed by atoms with Crippen LogP contribution >= 0.6 is 11.3 Å². The van der Waals surface area contributed by atoms with Gasteiger partial charge in [0.15, 0.2) is 0 Å². The van der Waals surface area contributed by atoms with Crippen molar-refractivity contribution in [1.82, 2.24) is 14.9 Å². The molecular formula is C14H18N4O2S. The van der Waals surface area contributed by atoms with Crippen molar-refractivity contribution in [2.75, 3.05) is 13.6 Å². The van der Waals surface area contributed by atoms with Gasteiger partial charge in [0.05, 0.1) is 17.5 Å². The molecule has 3 N–H and O–H groups in total. The summed E-state index contributed by atoms with van der Waals surface area (Å²) in [5.74, 6) is 0.553. The Hall–Kier alpha value is -1.73. The average Bonchev–Trinajstić information content (AvgIpc) is 2.86. The van der Waals surface area contributed by atoms with E-state index in [-0.39, 0.29) is 11.5 Å². The van der Waals surface area contributed by atoms with Gasteiger partial charge in [0.1, 0.15) is 10.5 Å². The van der Waals surface area contributed by atoms with Crippen molar-refractivity contribution in [2.45, 2.75) is 25.8 Å². The van der Waals surface area contributed by atoms with Crippen LogP contribution in [0.4, 0.5) is 0 Å². The molecule has 1 saturated carbocycles. The summed E-state index contributed by atoms with van der Waals surface area (Å²) in [6, 6.07) is 1.81. The Morgan fingerprint density at radius 2 is 2.33 bits per heavy atom. The summed E-state index contributed by atoms with van der Waals surface area (Å²) in [6.45, 7) is 0.672. The monoisotopic (exact) mass is 306 g/mol. The zero-order valence-electron chi connectivity index (χ0n) is 11.9. The van der Waals surface area contributed by atoms with Crippen LogP contribution in [-0.2, 0) is 11.3 Å². The highest BCUT2D eigenvalue weighted by molar-refractivity contribution is 7.17. The lowest BCUT2D eigenvalue weighted by molar-refractivity contribution is -0.145. The highest BCUT2D eigenvalue weighted by Crippen LogP contribution is 2.41. The topological polar surface area (TPSA) is 92.1 Å². The Bertz CT molecular complexity index is 726. The van der Waals surface area contributed by atoms with Crippen LogP contribution in [0.15, 0.2) is 16.2 Å². The van der Waals surface area contributed by atoms with E-state index in [2.05, 4.69) is 9.97 Å². The van der Waals surface area contributed by atoms with Crippen molar-refractivity contribution in [2.24, 2.45) is 11.1 Å². The van der Waals surface area contributed by atoms with Crippen molar-refractivity contribution in [3.63, 3.8) is 0 Å². The molecule has 0 spiro atoms. The highest BCUT2D eigenvalue weighted by Gasteiger charge is 2.44. The van der Waals surface area contributed by atoms with Crippen molar-refractivity contribution in [3.05, 3.63) is 27.6 Å². The van der Waals surface area contributed by atoms with Crippen LogP contribution in [0.2, 0.25) is 0 Å². The highest BCUT2D eigenvalue weighted by atomic mass is 32.1. The third-order valence-electron chi connectivity index (χ3n) is 4.25. The Kier molecular flexibility index (Phi) is 3.54. The number of nitrogens with one attached hydrogen (secondary N) is 1. The molecule has 0 unspecified atom stereocenters. The van der Waals surface area contributed by atoms with Crippen LogP contribution in [0.5, 0.6) is 0 Å². The van der Waals surface area contributed by atoms with E-state index < -0.39 is 5.41 Å². The van der Waals surface area contributed by atoms with Crippen molar-refractivity contribution in [1.29, 1.82) is 0 Å². The van der Waals surface area contributed by atoms with E-state index in [9.17, 15) is 9.59 Å². The van der Waals surface area contributed by atoms with Gasteiger partial charge in [-0.25, -0.2) is 4.98 Å². The molecule has 0 aliphatic heterocycles. The Labute approximate surface area is 126 Å². The zero-order chi connectivity index (χ0) is 15.0. The normalized spacial score (nSPS) is 16.7. The molecule has 21 heavy (non-hydrogen) atoms. The van der Waals surface area contributed by atoms with Gasteiger partial charge in [0.25, 0.3) is 5.56 Å². The van der Waals surface area contributed by atoms with Gasteiger partial charge in [-0.3, -0.25) is 9.59 Å². The number of H-pyrrole nitrogens is 1. The molecule has 6 nitrogen and oxygen atoms in total. The van der Waals surface area contributed by atoms with Crippen LogP contribution in [0.3, 0.4) is 0 Å². The van der Waals surface area contributed by atoms with Gasteiger partial charge in [0, 0.05) is 13.6 Å². The number of aromatic amines is 1. The molecule has 0 aromatic carbocycles. The number of fused-ring (bicyclic) bond motifs is 1. The number of hydrogen-bond donors (Lipinski definition) is 2. The maximum Gasteiger partial charge on any atom is 0.268 e. The average molecular weight is 306 g/mol. The molecule has 1 amide bonds. The van der Waals surface area contributed by atoms with Crippen LogP contribution in [0.25, 0.3) is 10.2 Å². The molecule has 0 bridgehead atoms. The van der Waals surface area contributed by atoms with E-state index in [4.69, 9.17) is 5.73 Å². The van der Waals surface area contributed by atoms with Gasteiger partial charge >= 0.3 is 0 Å². The molecule has 1 fully saturated rings. The molecule has 2 aromatic heterocycles. The summed E-state index contributed by atoms with van der Waals surface area (Å²) < 4.78 is 0.616. The number of thiophene rings is 1. The second-order valence-electron chi connectivity index (χ2n) is 5.65. The maximum absolute atomic E-state index is 12.5. The summed E-state index contributed by atoms with van der Waals surface area (Å²) in [7, 11) is 1.73. The summed E-state index contributed by atoms with van der Waals surface area (Å²) in [6.07, 6.45) is 2.74. The summed E-state index contributed by atoms with van der Waals surface area (Å²) in [5, 5.41) is 1.84. The zero-order valence-corrected chi connectivity index (χ0v) is 12.7. The minimum Gasteiger partial charge on any atom is -0.338 e. The quantitative estimate of drug-likeness (QED) is 0.884. The molecule has 1 aliphatic carbocycles. The summed E-state index contributed by atoms with van der Waals surface area (Å²) in [4.78, 5) is 33.2. The third-order valence-corrected chi connectivity index (χ3v) is 5.16. The lowest BCUT2D eigenvalue weighted by Crippen LogP contribution is -2.50. The largest absolute Gasteiger partial charge is 0.338 e. The Morgan fingerprint density at radius 1 is 1.57 bits per heavy atom. The molecule has 1 aliphatic rings. The predicted molar refractivity (Wildman–Crippen MR) is 82.1 cm³/mol. The minimum atomic E-state index is -0.401. The fraction of sp³-hybridized carbons (Fsp3) is 0.500. The Morgan fingerprint density at radius 3 is 2.95 bits per heavy atom. The molecule has 112 valence electrons. The number of hydrogen-bond acceptors (Lipinski definition) is 5. The SMILES string of the molecule is CN(Cc1nc2ccsc2c(=O)[nH]1)C(=O)C1(CN)CCC1. The number of aromatic nitrogens is 2. The molecule has 2 aromatic rings. The smallest absolute Gasteiger partial charge is 0.268 e. The lowest BCUT2D eigenvalue weighted by atomic mass is 9.68. The van der Waals surface area contributed by atoms with Gasteiger partial charge < -0.3 is 15.6 Å². The van der Waals surface area contributed by atoms with Crippen LogP contribution in [-0.4, -0.2) is 34.4 Å². The first-order chi connectivity index (χ1) is 10.1. The van der Waals surface area contributed by atoms with Crippen molar-refractivity contribution in [3.8, 4) is 0 Å². The van der Waals surface area contributed by atoms with E-state index >= 15 is 0 Å². The van der Waals surface area contributed by atoms with Gasteiger partial charge in [-0.2, -0.15) is 0 Å². The molecule has 0 atom stereocenters. The fourth-order valence-corrected chi connectivity index (χ4v) is 3.53. The number of rotatable bonds is 4. The molecule has 0 radical (unpaired) electrons.